The second-order valence-electron chi connectivity index (χ2n) is 6.99. The van der Waals surface area contributed by atoms with Crippen LogP contribution >= 0.6 is 0 Å². The zero-order chi connectivity index (χ0) is 17.0. The van der Waals surface area contributed by atoms with Gasteiger partial charge in [-0.15, -0.1) is 0 Å². The molecule has 1 saturated carbocycles. The summed E-state index contributed by atoms with van der Waals surface area (Å²) < 4.78 is 24.8. The van der Waals surface area contributed by atoms with Gasteiger partial charge >= 0.3 is 0 Å². The van der Waals surface area contributed by atoms with Gasteiger partial charge in [0.1, 0.15) is 0 Å². The molecule has 2 aliphatic heterocycles. The van der Waals surface area contributed by atoms with Gasteiger partial charge in [0, 0.05) is 24.4 Å². The predicted molar refractivity (Wildman–Crippen MR) is 84.5 cm³/mol. The Kier molecular flexibility index (Phi) is 3.29. The van der Waals surface area contributed by atoms with Crippen LogP contribution in [0.15, 0.2) is 22.7 Å². The smallest absolute Gasteiger partial charge is 0.264 e. The van der Waals surface area contributed by atoms with Crippen LogP contribution in [0.4, 0.5) is 4.39 Å². The Balaban J connectivity index is 1.35. The molecule has 2 aromatic rings. The van der Waals surface area contributed by atoms with Crippen molar-refractivity contribution in [3.8, 4) is 5.75 Å². The minimum atomic E-state index is -0.678. The molecule has 7 heteroatoms. The Labute approximate surface area is 144 Å². The number of amides is 1. The molecule has 1 aromatic heterocycles. The molecule has 130 valence electrons. The lowest BCUT2D eigenvalue weighted by Crippen LogP contribution is -2.41. The highest BCUT2D eigenvalue weighted by Crippen LogP contribution is 2.41. The molecule has 2 unspecified atom stereocenters. The van der Waals surface area contributed by atoms with Crippen molar-refractivity contribution in [2.75, 3.05) is 6.54 Å². The van der Waals surface area contributed by atoms with E-state index in [1.54, 1.807) is 17.0 Å². The van der Waals surface area contributed by atoms with Gasteiger partial charge in [-0.05, 0) is 31.7 Å². The molecule has 0 spiro atoms. The van der Waals surface area contributed by atoms with Crippen LogP contribution in [0.25, 0.3) is 0 Å². The van der Waals surface area contributed by atoms with Crippen LogP contribution in [0.1, 0.15) is 54.9 Å². The van der Waals surface area contributed by atoms with Crippen LogP contribution < -0.4 is 4.74 Å². The topological polar surface area (TPSA) is 68.5 Å². The van der Waals surface area contributed by atoms with Gasteiger partial charge in [-0.3, -0.25) is 4.79 Å². The van der Waals surface area contributed by atoms with E-state index in [2.05, 4.69) is 10.1 Å². The van der Waals surface area contributed by atoms with E-state index in [0.717, 1.165) is 31.2 Å². The number of rotatable bonds is 3. The van der Waals surface area contributed by atoms with E-state index in [1.807, 2.05) is 0 Å². The van der Waals surface area contributed by atoms with Gasteiger partial charge in [0.25, 0.3) is 5.91 Å². The summed E-state index contributed by atoms with van der Waals surface area (Å²) >= 11 is 0. The highest BCUT2D eigenvalue weighted by Gasteiger charge is 2.41. The first-order valence-electron chi connectivity index (χ1n) is 8.79. The largest absolute Gasteiger partial charge is 0.477 e. The molecule has 5 rings (SSSR count). The summed E-state index contributed by atoms with van der Waals surface area (Å²) in [5, 5.41) is 4.09. The molecule has 2 fully saturated rings. The number of hydrogen-bond donors (Lipinski definition) is 0. The van der Waals surface area contributed by atoms with E-state index >= 15 is 0 Å². The van der Waals surface area contributed by atoms with Crippen LogP contribution in [-0.4, -0.2) is 33.6 Å². The minimum absolute atomic E-state index is 0.129. The van der Waals surface area contributed by atoms with Gasteiger partial charge in [0.15, 0.2) is 23.5 Å². The predicted octanol–water partition coefficient (Wildman–Crippen LogP) is 2.75. The first-order valence-corrected chi connectivity index (χ1v) is 8.79. The fourth-order valence-electron chi connectivity index (χ4n) is 3.73. The molecule has 3 heterocycles. The normalized spacial score (nSPS) is 25.1. The quantitative estimate of drug-likeness (QED) is 0.857. The SMILES string of the molecule is O=C(C1Cc2cccc(F)c2O1)N1CCCC1c1noc(C2CC2)n1. The minimum Gasteiger partial charge on any atom is -0.477 e. The number of nitrogens with zero attached hydrogens (tertiary/aromatic N) is 3. The molecule has 0 bridgehead atoms. The average molecular weight is 343 g/mol. The van der Waals surface area contributed by atoms with Crippen molar-refractivity contribution in [1.29, 1.82) is 0 Å². The van der Waals surface area contributed by atoms with E-state index in [9.17, 15) is 9.18 Å². The number of carbonyl (C=O) groups excluding carboxylic acids is 1. The fourth-order valence-corrected chi connectivity index (χ4v) is 3.73. The van der Waals surface area contributed by atoms with Crippen molar-refractivity contribution in [1.82, 2.24) is 15.0 Å². The second kappa shape index (κ2) is 5.54. The first kappa shape index (κ1) is 14.9. The number of hydrogen-bond acceptors (Lipinski definition) is 5. The lowest BCUT2D eigenvalue weighted by Gasteiger charge is -2.25. The number of ether oxygens (including phenoxy) is 1. The fraction of sp³-hybridized carbons (Fsp3) is 0.500. The van der Waals surface area contributed by atoms with Crippen LogP contribution in [0, 0.1) is 5.82 Å². The highest BCUT2D eigenvalue weighted by molar-refractivity contribution is 5.83. The van der Waals surface area contributed by atoms with Crippen molar-refractivity contribution in [2.24, 2.45) is 0 Å². The summed E-state index contributed by atoms with van der Waals surface area (Å²) in [6.45, 7) is 0.634. The van der Waals surface area contributed by atoms with Crippen LogP contribution in [0.2, 0.25) is 0 Å². The summed E-state index contributed by atoms with van der Waals surface area (Å²) in [5.74, 6) is 1.30. The second-order valence-corrected chi connectivity index (χ2v) is 6.99. The molecule has 0 radical (unpaired) electrons. The van der Waals surface area contributed by atoms with Gasteiger partial charge < -0.3 is 14.2 Å². The van der Waals surface area contributed by atoms with E-state index in [1.165, 1.54) is 6.07 Å². The van der Waals surface area contributed by atoms with Gasteiger partial charge in [-0.2, -0.15) is 4.98 Å². The van der Waals surface area contributed by atoms with Crippen molar-refractivity contribution in [3.63, 3.8) is 0 Å². The summed E-state index contributed by atoms with van der Waals surface area (Å²) in [6.07, 6.45) is 3.60. The number of para-hydroxylation sites is 1. The van der Waals surface area contributed by atoms with Crippen molar-refractivity contribution in [2.45, 2.75) is 50.2 Å². The number of fused-ring (bicyclic) bond motifs is 1. The molecular formula is C18H18FN3O3. The number of aromatic nitrogens is 2. The van der Waals surface area contributed by atoms with Gasteiger partial charge in [0.05, 0.1) is 6.04 Å². The molecule has 1 aromatic carbocycles. The van der Waals surface area contributed by atoms with Crippen LogP contribution in [-0.2, 0) is 11.2 Å². The van der Waals surface area contributed by atoms with Crippen molar-refractivity contribution < 1.29 is 18.4 Å². The number of benzene rings is 1. The lowest BCUT2D eigenvalue weighted by atomic mass is 10.1. The molecule has 2 atom stereocenters. The third-order valence-electron chi connectivity index (χ3n) is 5.21. The zero-order valence-electron chi connectivity index (χ0n) is 13.7. The van der Waals surface area contributed by atoms with E-state index < -0.39 is 11.9 Å². The zero-order valence-corrected chi connectivity index (χ0v) is 13.7. The number of carbonyl (C=O) groups is 1. The third-order valence-corrected chi connectivity index (χ3v) is 5.21. The maximum Gasteiger partial charge on any atom is 0.264 e. The van der Waals surface area contributed by atoms with E-state index in [-0.39, 0.29) is 17.7 Å². The first-order chi connectivity index (χ1) is 12.2. The third kappa shape index (κ3) is 2.49. The number of halogens is 1. The molecule has 3 aliphatic rings. The Morgan fingerprint density at radius 1 is 1.28 bits per heavy atom. The molecule has 25 heavy (non-hydrogen) atoms. The van der Waals surface area contributed by atoms with Crippen molar-refractivity contribution in [3.05, 3.63) is 41.3 Å². The van der Waals surface area contributed by atoms with Crippen molar-refractivity contribution >= 4 is 5.91 Å². The van der Waals surface area contributed by atoms with Gasteiger partial charge in [-0.25, -0.2) is 4.39 Å². The van der Waals surface area contributed by atoms with Gasteiger partial charge in [0.2, 0.25) is 5.89 Å². The molecular weight excluding hydrogens is 325 g/mol. The summed E-state index contributed by atoms with van der Waals surface area (Å²) in [7, 11) is 0. The van der Waals surface area contributed by atoms with Crippen LogP contribution in [0.5, 0.6) is 5.75 Å². The molecule has 1 amide bonds. The molecule has 6 nitrogen and oxygen atoms in total. The summed E-state index contributed by atoms with van der Waals surface area (Å²) in [4.78, 5) is 19.2. The lowest BCUT2D eigenvalue weighted by molar-refractivity contribution is -0.139. The molecule has 1 aliphatic carbocycles. The maximum absolute atomic E-state index is 13.8. The standard InChI is InChI=1S/C18H18FN3O3/c19-12-4-1-3-11-9-14(24-15(11)12)18(23)22-8-2-5-13(22)16-20-17(25-21-16)10-6-7-10/h1,3-4,10,13-14H,2,5-9H2. The Morgan fingerprint density at radius 3 is 2.96 bits per heavy atom. The number of likely N-dealkylation sites (tertiary alicyclic amines) is 1. The Morgan fingerprint density at radius 2 is 2.16 bits per heavy atom. The van der Waals surface area contributed by atoms with Crippen LogP contribution in [0.3, 0.4) is 0 Å². The maximum atomic E-state index is 13.8. The highest BCUT2D eigenvalue weighted by atomic mass is 19.1. The average Bonchev–Trinajstić information content (AvgIpc) is 3.06. The Bertz CT molecular complexity index is 833. The van der Waals surface area contributed by atoms with E-state index in [4.69, 9.17) is 9.26 Å². The Hall–Kier alpha value is -2.44. The molecule has 0 N–H and O–H groups in total. The molecule has 1 saturated heterocycles. The summed E-state index contributed by atoms with van der Waals surface area (Å²) in [5.41, 5.74) is 0.740. The monoisotopic (exact) mass is 343 g/mol. The van der Waals surface area contributed by atoms with E-state index in [0.29, 0.717) is 30.6 Å². The summed E-state index contributed by atoms with van der Waals surface area (Å²) in [6, 6.07) is 4.61. The van der Waals surface area contributed by atoms with Gasteiger partial charge in [-0.1, -0.05) is 17.3 Å².